The largest absolute Gasteiger partial charge is 0.472 e. The summed E-state index contributed by atoms with van der Waals surface area (Å²) in [6.45, 7) is 6.98. The molecule has 0 aliphatic rings. The Labute approximate surface area is 563 Å². The van der Waals surface area contributed by atoms with Crippen LogP contribution in [0.15, 0.2) is 109 Å². The van der Waals surface area contributed by atoms with E-state index in [1.54, 1.807) is 0 Å². The highest BCUT2D eigenvalue weighted by Crippen LogP contribution is 2.43. The first-order valence-electron chi connectivity index (χ1n) is 38.2. The molecule has 0 spiro atoms. The van der Waals surface area contributed by atoms with E-state index in [-0.39, 0.29) is 31.5 Å². The molecule has 0 radical (unpaired) electrons. The maximum absolute atomic E-state index is 13.7. The summed E-state index contributed by atoms with van der Waals surface area (Å²) in [5, 5.41) is 3.07. The van der Waals surface area contributed by atoms with Gasteiger partial charge >= 0.3 is 13.8 Å². The van der Waals surface area contributed by atoms with E-state index in [9.17, 15) is 19.0 Å². The van der Waals surface area contributed by atoms with Crippen LogP contribution in [0.5, 0.6) is 0 Å². The van der Waals surface area contributed by atoms with E-state index < -0.39 is 20.0 Å². The van der Waals surface area contributed by atoms with Crippen molar-refractivity contribution in [3.05, 3.63) is 109 Å². The van der Waals surface area contributed by atoms with Crippen LogP contribution in [-0.2, 0) is 27.9 Å². The van der Waals surface area contributed by atoms with Gasteiger partial charge in [-0.15, -0.1) is 0 Å². The fourth-order valence-corrected chi connectivity index (χ4v) is 11.5. The molecule has 91 heavy (non-hydrogen) atoms. The average molecular weight is 1290 g/mol. The van der Waals surface area contributed by atoms with Gasteiger partial charge in [-0.3, -0.25) is 18.6 Å². The van der Waals surface area contributed by atoms with Gasteiger partial charge in [0.15, 0.2) is 0 Å². The Morgan fingerprint density at radius 2 is 0.670 bits per heavy atom. The minimum atomic E-state index is -4.47. The van der Waals surface area contributed by atoms with Gasteiger partial charge in [-0.25, -0.2) is 4.57 Å². The molecule has 0 heterocycles. The van der Waals surface area contributed by atoms with Gasteiger partial charge in [0.05, 0.1) is 33.8 Å². The minimum absolute atomic E-state index is 0.0343. The molecule has 0 aromatic rings. The number of rotatable bonds is 69. The Morgan fingerprint density at radius 1 is 0.385 bits per heavy atom. The number of carbonyl (C=O) groups is 2. The minimum Gasteiger partial charge on any atom is -0.456 e. The molecule has 0 bridgehead atoms. The van der Waals surface area contributed by atoms with E-state index in [1.165, 1.54) is 199 Å². The van der Waals surface area contributed by atoms with Gasteiger partial charge in [0.1, 0.15) is 19.3 Å². The third-order valence-corrected chi connectivity index (χ3v) is 17.7. The van der Waals surface area contributed by atoms with Crippen molar-refractivity contribution in [1.29, 1.82) is 0 Å². The van der Waals surface area contributed by atoms with Gasteiger partial charge in [-0.2, -0.15) is 0 Å². The highest BCUT2D eigenvalue weighted by molar-refractivity contribution is 7.47. The summed E-state index contributed by atoms with van der Waals surface area (Å²) < 4.78 is 30.9. The molecule has 0 rings (SSSR count). The number of allylic oxidation sites excluding steroid dienone is 17. The van der Waals surface area contributed by atoms with Crippen molar-refractivity contribution in [3.63, 3.8) is 0 Å². The maximum Gasteiger partial charge on any atom is 0.472 e. The molecule has 0 saturated carbocycles. The lowest BCUT2D eigenvalue weighted by Crippen LogP contribution is -2.47. The lowest BCUT2D eigenvalue weighted by Gasteiger charge is -2.27. The van der Waals surface area contributed by atoms with Crippen molar-refractivity contribution < 1.29 is 37.3 Å². The normalized spacial score (nSPS) is 14.1. The number of phosphoric acid groups is 1. The molecule has 3 atom stereocenters. The third-order valence-electron chi connectivity index (χ3n) is 16.7. The third kappa shape index (κ3) is 70.8. The van der Waals surface area contributed by atoms with Gasteiger partial charge in [0, 0.05) is 12.8 Å². The van der Waals surface area contributed by atoms with Crippen LogP contribution in [0.2, 0.25) is 0 Å². The zero-order valence-corrected chi connectivity index (χ0v) is 61.2. The number of nitrogens with one attached hydrogen (secondary N) is 1. The molecule has 0 saturated heterocycles. The number of likely N-dealkylation sites (N-methyl/N-ethyl adjacent to an activating group) is 1. The Bertz CT molecular complexity index is 1930. The summed E-state index contributed by atoms with van der Waals surface area (Å²) in [6, 6.07) is -0.861. The Balaban J connectivity index is 5.06. The monoisotopic (exact) mass is 1290 g/mol. The molecule has 0 fully saturated rings. The van der Waals surface area contributed by atoms with E-state index in [1.807, 2.05) is 33.3 Å². The van der Waals surface area contributed by atoms with Crippen LogP contribution in [0, 0.1) is 0 Å². The molecule has 0 aliphatic heterocycles. The zero-order chi connectivity index (χ0) is 66.3. The summed E-state index contributed by atoms with van der Waals surface area (Å²) in [6.07, 6.45) is 96.7. The number of hydrogen-bond donors (Lipinski definition) is 2. The van der Waals surface area contributed by atoms with Crippen molar-refractivity contribution >= 4 is 19.7 Å². The fraction of sp³-hybridized carbons (Fsp3) is 0.753. The molecule has 10 heteroatoms. The van der Waals surface area contributed by atoms with Crippen LogP contribution in [0.3, 0.4) is 0 Å². The number of nitrogens with zero attached hydrogens (tertiary/aromatic N) is 1. The molecule has 0 aromatic heterocycles. The molecule has 9 nitrogen and oxygen atoms in total. The second kappa shape index (κ2) is 69.5. The number of phosphoric ester groups is 1. The Morgan fingerprint density at radius 3 is 1.02 bits per heavy atom. The van der Waals surface area contributed by atoms with Gasteiger partial charge in [-0.05, 0) is 122 Å². The average Bonchev–Trinajstić information content (AvgIpc) is 3.73. The molecule has 0 aromatic carbocycles. The van der Waals surface area contributed by atoms with Crippen LogP contribution >= 0.6 is 7.82 Å². The van der Waals surface area contributed by atoms with Gasteiger partial charge in [0.2, 0.25) is 5.91 Å². The zero-order valence-electron chi connectivity index (χ0n) is 60.3. The Kier molecular flexibility index (Phi) is 67.0. The standard InChI is InChI=1S/C81H145N2O7P/c1-7-10-13-16-19-22-25-28-30-32-34-36-38-40-41-43-45-47-49-51-53-56-59-62-65-68-71-74-81(85)90-79(72-69-66-63-60-57-54-27-24-21-18-15-12-9-3)78(77-89-91(86,87)88-76-75-83(4,5)6)82-80(84)73-70-67-64-61-58-55-52-50-48-46-44-42-39-37-35-33-31-29-26-23-20-17-14-11-8-2/h19-20,22-23,28-31,34-37,40-42,44,69,72,78-79H,7-18,21,24-27,32-33,38-39,43,45-68,70-71,73-77H2,1-6H3,(H-,82,84,86,87)/p+1/b22-19-,23-20-,30-28-,31-29-,36-34-,37-35-,41-40-,44-42-,72-69+. The van der Waals surface area contributed by atoms with Crippen LogP contribution in [0.1, 0.15) is 342 Å². The molecule has 0 aliphatic carbocycles. The van der Waals surface area contributed by atoms with Crippen molar-refractivity contribution in [2.45, 2.75) is 354 Å². The van der Waals surface area contributed by atoms with Crippen molar-refractivity contribution in [1.82, 2.24) is 5.32 Å². The van der Waals surface area contributed by atoms with E-state index in [0.717, 1.165) is 109 Å². The SMILES string of the molecule is CCCCC/C=C\C/C=C\C/C=C\C/C=C\CCCCCCCCCCCCCC(=O)OC(/C=C/CCCCCCCCCCCCC)C(COP(=O)(O)OCC[N+](C)(C)C)NC(=O)CCCCCCCCCCC/C=C\C/C=C\C/C=C\C/C=C\CCCCC. The number of quaternary nitrogens is 1. The van der Waals surface area contributed by atoms with Gasteiger partial charge in [0.25, 0.3) is 0 Å². The van der Waals surface area contributed by atoms with E-state index >= 15 is 0 Å². The second-order valence-corrected chi connectivity index (χ2v) is 28.3. The topological polar surface area (TPSA) is 111 Å². The van der Waals surface area contributed by atoms with Crippen LogP contribution < -0.4 is 5.32 Å². The highest BCUT2D eigenvalue weighted by Gasteiger charge is 2.30. The predicted octanol–water partition coefficient (Wildman–Crippen LogP) is 24.8. The number of ether oxygens (including phenoxy) is 1. The van der Waals surface area contributed by atoms with Crippen molar-refractivity contribution in [2.75, 3.05) is 40.9 Å². The van der Waals surface area contributed by atoms with Crippen LogP contribution in [0.25, 0.3) is 0 Å². The highest BCUT2D eigenvalue weighted by atomic mass is 31.2. The van der Waals surface area contributed by atoms with Gasteiger partial charge < -0.3 is 19.4 Å². The summed E-state index contributed by atoms with van der Waals surface area (Å²) >= 11 is 0. The second-order valence-electron chi connectivity index (χ2n) is 26.8. The number of amides is 1. The number of carbonyl (C=O) groups excluding carboxylic acids is 2. The molecule has 526 valence electrons. The molecule has 2 N–H and O–H groups in total. The number of hydrogen-bond acceptors (Lipinski definition) is 6. The fourth-order valence-electron chi connectivity index (χ4n) is 10.8. The number of unbranched alkanes of at least 4 members (excludes halogenated alkanes) is 37. The lowest BCUT2D eigenvalue weighted by atomic mass is 10.0. The quantitative estimate of drug-likeness (QED) is 0.0205. The Hall–Kier alpha value is -3.33. The molecule has 3 unspecified atom stereocenters. The molecular formula is C81H146N2O7P+. The van der Waals surface area contributed by atoms with E-state index in [0.29, 0.717) is 17.4 Å². The summed E-state index contributed by atoms with van der Waals surface area (Å²) in [5.41, 5.74) is 0. The van der Waals surface area contributed by atoms with Crippen LogP contribution in [-0.4, -0.2) is 74.3 Å². The maximum atomic E-state index is 13.7. The first kappa shape index (κ1) is 87.7. The summed E-state index contributed by atoms with van der Waals surface area (Å²) in [4.78, 5) is 38.0. The smallest absolute Gasteiger partial charge is 0.456 e. The molecule has 1 amide bonds. The van der Waals surface area contributed by atoms with E-state index in [2.05, 4.69) is 123 Å². The first-order valence-corrected chi connectivity index (χ1v) is 39.7. The summed E-state index contributed by atoms with van der Waals surface area (Å²) in [5.74, 6) is -0.510. The van der Waals surface area contributed by atoms with Crippen molar-refractivity contribution in [2.24, 2.45) is 0 Å². The molecular weight excluding hydrogens is 1140 g/mol. The summed E-state index contributed by atoms with van der Waals surface area (Å²) in [7, 11) is 1.49. The van der Waals surface area contributed by atoms with E-state index in [4.69, 9.17) is 13.8 Å². The number of esters is 1. The predicted molar refractivity (Wildman–Crippen MR) is 397 cm³/mol. The lowest BCUT2D eigenvalue weighted by molar-refractivity contribution is -0.870. The first-order chi connectivity index (χ1) is 44.4. The van der Waals surface area contributed by atoms with Crippen molar-refractivity contribution in [3.8, 4) is 0 Å². The van der Waals surface area contributed by atoms with Gasteiger partial charge in [-0.1, -0.05) is 317 Å². The van der Waals surface area contributed by atoms with Crippen LogP contribution in [0.4, 0.5) is 0 Å².